The fraction of sp³-hybridized carbons (Fsp3) is 0.250. The number of carbonyl (C=O) groups is 2. The van der Waals surface area contributed by atoms with Crippen LogP contribution in [0.25, 0.3) is 10.8 Å². The average molecular weight is 303 g/mol. The van der Waals surface area contributed by atoms with Gasteiger partial charge in [0, 0.05) is 11.4 Å². The second-order valence-corrected chi connectivity index (χ2v) is 5.89. The van der Waals surface area contributed by atoms with Crippen LogP contribution in [0.3, 0.4) is 0 Å². The van der Waals surface area contributed by atoms with Gasteiger partial charge in [0.2, 0.25) is 5.91 Å². The molecule has 5 heteroatoms. The third-order valence-electron chi connectivity index (χ3n) is 3.12. The van der Waals surface area contributed by atoms with Gasteiger partial charge in [-0.25, -0.2) is 0 Å². The molecule has 2 rings (SSSR count). The molecule has 0 bridgehead atoms. The van der Waals surface area contributed by atoms with Crippen molar-refractivity contribution >= 4 is 34.4 Å². The Morgan fingerprint density at radius 1 is 1.19 bits per heavy atom. The topological polar surface area (TPSA) is 66.4 Å². The van der Waals surface area contributed by atoms with E-state index in [1.165, 1.54) is 17.1 Å². The number of carboxylic acid groups (broad SMARTS) is 1. The summed E-state index contributed by atoms with van der Waals surface area (Å²) in [7, 11) is 0. The summed E-state index contributed by atoms with van der Waals surface area (Å²) in [5, 5.41) is 13.7. The third kappa shape index (κ3) is 4.49. The molecule has 1 atom stereocenters. The van der Waals surface area contributed by atoms with Crippen LogP contribution in [0.1, 0.15) is 6.92 Å². The average Bonchev–Trinajstić information content (AvgIpc) is 2.50. The molecule has 1 amide bonds. The number of rotatable bonds is 6. The lowest BCUT2D eigenvalue weighted by atomic mass is 10.1. The number of carbonyl (C=O) groups excluding carboxylic acids is 1. The maximum atomic E-state index is 11.7. The highest BCUT2D eigenvalue weighted by atomic mass is 32.2. The molecule has 21 heavy (non-hydrogen) atoms. The molecule has 2 N–H and O–H groups in total. The summed E-state index contributed by atoms with van der Waals surface area (Å²) in [4.78, 5) is 23.4. The van der Waals surface area contributed by atoms with Crippen molar-refractivity contribution in [3.05, 3.63) is 42.5 Å². The van der Waals surface area contributed by atoms with E-state index in [9.17, 15) is 9.59 Å². The van der Waals surface area contributed by atoms with Crippen LogP contribution in [0, 0.1) is 5.92 Å². The Morgan fingerprint density at radius 3 is 2.62 bits per heavy atom. The number of aliphatic carboxylic acids is 1. The highest BCUT2D eigenvalue weighted by molar-refractivity contribution is 8.00. The summed E-state index contributed by atoms with van der Waals surface area (Å²) < 4.78 is 0. The predicted octanol–water partition coefficient (Wildman–Crippen LogP) is 2.77. The Balaban J connectivity index is 1.86. The van der Waals surface area contributed by atoms with Crippen LogP contribution in [-0.4, -0.2) is 29.3 Å². The van der Waals surface area contributed by atoms with E-state index in [1.807, 2.05) is 42.5 Å². The van der Waals surface area contributed by atoms with E-state index in [4.69, 9.17) is 5.11 Å². The SMILES string of the molecule is CC(CNC(=O)CSc1ccc2ccccc2c1)C(=O)O. The summed E-state index contributed by atoms with van der Waals surface area (Å²) in [6.07, 6.45) is 0. The van der Waals surface area contributed by atoms with Gasteiger partial charge >= 0.3 is 5.97 Å². The molecule has 2 aromatic carbocycles. The van der Waals surface area contributed by atoms with Crippen molar-refractivity contribution in [1.82, 2.24) is 5.32 Å². The zero-order chi connectivity index (χ0) is 15.2. The lowest BCUT2D eigenvalue weighted by molar-refractivity contribution is -0.141. The van der Waals surface area contributed by atoms with Gasteiger partial charge in [0.1, 0.15) is 0 Å². The summed E-state index contributed by atoms with van der Waals surface area (Å²) in [5.41, 5.74) is 0. The van der Waals surface area contributed by atoms with Gasteiger partial charge < -0.3 is 10.4 Å². The van der Waals surface area contributed by atoms with Crippen LogP contribution in [0.15, 0.2) is 47.4 Å². The van der Waals surface area contributed by atoms with E-state index in [1.54, 1.807) is 6.92 Å². The monoisotopic (exact) mass is 303 g/mol. The number of amides is 1. The zero-order valence-corrected chi connectivity index (χ0v) is 12.5. The van der Waals surface area contributed by atoms with Crippen molar-refractivity contribution in [1.29, 1.82) is 0 Å². The molecule has 0 spiro atoms. The summed E-state index contributed by atoms with van der Waals surface area (Å²) in [5.74, 6) is -1.34. The Labute approximate surface area is 127 Å². The first-order chi connectivity index (χ1) is 10.1. The van der Waals surface area contributed by atoms with Crippen molar-refractivity contribution in [3.8, 4) is 0 Å². The maximum absolute atomic E-state index is 11.7. The molecule has 1 unspecified atom stereocenters. The molecule has 0 saturated heterocycles. The number of fused-ring (bicyclic) bond motifs is 1. The Kier molecular flexibility index (Phi) is 5.22. The van der Waals surface area contributed by atoms with Crippen LogP contribution in [0.4, 0.5) is 0 Å². The van der Waals surface area contributed by atoms with Gasteiger partial charge in [-0.15, -0.1) is 11.8 Å². The normalized spacial score (nSPS) is 12.0. The molecule has 0 radical (unpaired) electrons. The minimum absolute atomic E-state index is 0.152. The summed E-state index contributed by atoms with van der Waals surface area (Å²) in [6.45, 7) is 1.73. The molecule has 0 heterocycles. The standard InChI is InChI=1S/C16H17NO3S/c1-11(16(19)20)9-17-15(18)10-21-14-7-6-12-4-2-3-5-13(12)8-14/h2-8,11H,9-10H2,1H3,(H,17,18)(H,19,20). The highest BCUT2D eigenvalue weighted by Gasteiger charge is 2.12. The van der Waals surface area contributed by atoms with Gasteiger partial charge in [-0.1, -0.05) is 37.3 Å². The van der Waals surface area contributed by atoms with Gasteiger partial charge in [-0.3, -0.25) is 9.59 Å². The highest BCUT2D eigenvalue weighted by Crippen LogP contribution is 2.23. The molecule has 110 valence electrons. The van der Waals surface area contributed by atoms with E-state index < -0.39 is 11.9 Å². The van der Waals surface area contributed by atoms with Crippen molar-refractivity contribution < 1.29 is 14.7 Å². The maximum Gasteiger partial charge on any atom is 0.308 e. The number of carboxylic acids is 1. The second-order valence-electron chi connectivity index (χ2n) is 4.84. The summed E-state index contributed by atoms with van der Waals surface area (Å²) >= 11 is 1.44. The first-order valence-electron chi connectivity index (χ1n) is 6.67. The van der Waals surface area contributed by atoms with Crippen LogP contribution in [-0.2, 0) is 9.59 Å². The minimum Gasteiger partial charge on any atom is -0.481 e. The Bertz CT molecular complexity index is 657. The van der Waals surface area contributed by atoms with Gasteiger partial charge in [0.15, 0.2) is 0 Å². The van der Waals surface area contributed by atoms with Crippen LogP contribution < -0.4 is 5.32 Å². The molecule has 0 aliphatic rings. The fourth-order valence-corrected chi connectivity index (χ4v) is 2.59. The quantitative estimate of drug-likeness (QED) is 0.805. The smallest absolute Gasteiger partial charge is 0.308 e. The lowest BCUT2D eigenvalue weighted by Crippen LogP contribution is -2.32. The molecule has 0 saturated carbocycles. The van der Waals surface area contributed by atoms with Crippen molar-refractivity contribution in [2.75, 3.05) is 12.3 Å². The molecular formula is C16H17NO3S. The van der Waals surface area contributed by atoms with E-state index in [2.05, 4.69) is 5.32 Å². The van der Waals surface area contributed by atoms with Crippen molar-refractivity contribution in [2.45, 2.75) is 11.8 Å². The molecular weight excluding hydrogens is 286 g/mol. The van der Waals surface area contributed by atoms with E-state index in [0.29, 0.717) is 0 Å². The number of benzene rings is 2. The Morgan fingerprint density at radius 2 is 1.90 bits per heavy atom. The van der Waals surface area contributed by atoms with E-state index in [0.717, 1.165) is 10.3 Å². The largest absolute Gasteiger partial charge is 0.481 e. The number of thioether (sulfide) groups is 1. The second kappa shape index (κ2) is 7.13. The lowest BCUT2D eigenvalue weighted by Gasteiger charge is -2.08. The van der Waals surface area contributed by atoms with E-state index in [-0.39, 0.29) is 18.2 Å². The van der Waals surface area contributed by atoms with Gasteiger partial charge in [0.05, 0.1) is 11.7 Å². The molecule has 0 aromatic heterocycles. The summed E-state index contributed by atoms with van der Waals surface area (Å²) in [6, 6.07) is 14.1. The first kappa shape index (κ1) is 15.4. The van der Waals surface area contributed by atoms with Gasteiger partial charge in [0.25, 0.3) is 0 Å². The van der Waals surface area contributed by atoms with Crippen LogP contribution >= 0.6 is 11.8 Å². The van der Waals surface area contributed by atoms with E-state index >= 15 is 0 Å². The number of nitrogens with one attached hydrogen (secondary N) is 1. The fourth-order valence-electron chi connectivity index (χ4n) is 1.81. The van der Waals surface area contributed by atoms with Crippen molar-refractivity contribution in [3.63, 3.8) is 0 Å². The molecule has 0 fully saturated rings. The van der Waals surface area contributed by atoms with Crippen LogP contribution in [0.2, 0.25) is 0 Å². The van der Waals surface area contributed by atoms with Gasteiger partial charge in [-0.2, -0.15) is 0 Å². The number of hydrogen-bond donors (Lipinski definition) is 2. The molecule has 2 aromatic rings. The molecule has 0 aliphatic heterocycles. The minimum atomic E-state index is -0.905. The van der Waals surface area contributed by atoms with Crippen LogP contribution in [0.5, 0.6) is 0 Å². The van der Waals surface area contributed by atoms with Gasteiger partial charge in [-0.05, 0) is 22.9 Å². The Hall–Kier alpha value is -2.01. The molecule has 0 aliphatic carbocycles. The zero-order valence-electron chi connectivity index (χ0n) is 11.7. The molecule has 4 nitrogen and oxygen atoms in total. The first-order valence-corrected chi connectivity index (χ1v) is 7.66. The number of hydrogen-bond acceptors (Lipinski definition) is 3. The van der Waals surface area contributed by atoms with Crippen molar-refractivity contribution in [2.24, 2.45) is 5.92 Å². The third-order valence-corrected chi connectivity index (χ3v) is 4.11. The predicted molar refractivity (Wildman–Crippen MR) is 84.5 cm³/mol.